The Kier molecular flexibility index (Phi) is 4.12. The molecular weight excluding hydrogens is 192 g/mol. The highest BCUT2D eigenvalue weighted by Crippen LogP contribution is 2.37. The summed E-state index contributed by atoms with van der Waals surface area (Å²) in [5, 5.41) is 0.179. The third kappa shape index (κ3) is 4.09. The first kappa shape index (κ1) is 13.4. The molecule has 0 saturated heterocycles. The second-order valence-corrected chi connectivity index (χ2v) is 9.95. The van der Waals surface area contributed by atoms with Gasteiger partial charge in [0.15, 0.2) is 5.78 Å². The van der Waals surface area contributed by atoms with Gasteiger partial charge in [0, 0.05) is 6.08 Å². The van der Waals surface area contributed by atoms with E-state index in [0.717, 1.165) is 5.76 Å². The zero-order chi connectivity index (χ0) is 11.6. The summed E-state index contributed by atoms with van der Waals surface area (Å²) in [5.74, 6) is 0.783. The van der Waals surface area contributed by atoms with Gasteiger partial charge in [-0.1, -0.05) is 20.8 Å². The van der Waals surface area contributed by atoms with Gasteiger partial charge in [-0.15, -0.1) is 0 Å². The SMILES string of the molecule is CC(=O)/C=C(\C)O[Si](C)(C)C(C)(C)C. The number of rotatable bonds is 3. The third-order valence-corrected chi connectivity index (χ3v) is 7.07. The predicted molar refractivity (Wildman–Crippen MR) is 62.7 cm³/mol. The molecule has 82 valence electrons. The summed E-state index contributed by atoms with van der Waals surface area (Å²) in [6.45, 7) is 14.3. The van der Waals surface area contributed by atoms with Crippen molar-refractivity contribution in [3.8, 4) is 0 Å². The van der Waals surface area contributed by atoms with E-state index < -0.39 is 8.32 Å². The summed E-state index contributed by atoms with van der Waals surface area (Å²) in [6, 6.07) is 0. The van der Waals surface area contributed by atoms with E-state index in [1.165, 1.54) is 0 Å². The lowest BCUT2D eigenvalue weighted by Crippen LogP contribution is -2.40. The van der Waals surface area contributed by atoms with Crippen molar-refractivity contribution in [3.63, 3.8) is 0 Å². The minimum atomic E-state index is -1.76. The second-order valence-electron chi connectivity index (χ2n) is 5.23. The lowest BCUT2D eigenvalue weighted by atomic mass is 10.2. The van der Waals surface area contributed by atoms with E-state index in [9.17, 15) is 4.79 Å². The van der Waals surface area contributed by atoms with E-state index in [4.69, 9.17) is 4.43 Å². The molecule has 0 rings (SSSR count). The number of allylic oxidation sites excluding steroid dienone is 2. The van der Waals surface area contributed by atoms with E-state index in [-0.39, 0.29) is 10.8 Å². The van der Waals surface area contributed by atoms with Crippen LogP contribution in [0.3, 0.4) is 0 Å². The summed E-state index contributed by atoms with van der Waals surface area (Å²) < 4.78 is 5.89. The first-order valence-electron chi connectivity index (χ1n) is 4.94. The average Bonchev–Trinajstić information content (AvgIpc) is 1.79. The zero-order valence-electron chi connectivity index (χ0n) is 10.4. The van der Waals surface area contributed by atoms with Gasteiger partial charge in [-0.05, 0) is 32.0 Å². The van der Waals surface area contributed by atoms with Crippen LogP contribution in [0.2, 0.25) is 18.1 Å². The summed E-state index contributed by atoms with van der Waals surface area (Å²) in [5.41, 5.74) is 0. The molecule has 0 aromatic heterocycles. The predicted octanol–water partition coefficient (Wildman–Crippen LogP) is 3.50. The fraction of sp³-hybridized carbons (Fsp3) is 0.727. The molecule has 2 nitrogen and oxygen atoms in total. The molecule has 0 fully saturated rings. The van der Waals surface area contributed by atoms with E-state index in [2.05, 4.69) is 33.9 Å². The fourth-order valence-corrected chi connectivity index (χ4v) is 2.04. The second kappa shape index (κ2) is 4.30. The molecule has 0 bridgehead atoms. The first-order chi connectivity index (χ1) is 6.06. The van der Waals surface area contributed by atoms with Crippen LogP contribution in [0.15, 0.2) is 11.8 Å². The molecule has 0 unspecified atom stereocenters. The third-order valence-electron chi connectivity index (χ3n) is 2.63. The summed E-state index contributed by atoms with van der Waals surface area (Å²) in [4.78, 5) is 10.8. The van der Waals surface area contributed by atoms with Gasteiger partial charge >= 0.3 is 0 Å². The molecule has 0 radical (unpaired) electrons. The van der Waals surface area contributed by atoms with Crippen molar-refractivity contribution in [3.05, 3.63) is 11.8 Å². The maximum atomic E-state index is 10.8. The van der Waals surface area contributed by atoms with Crippen LogP contribution in [-0.4, -0.2) is 14.1 Å². The molecule has 0 atom stereocenters. The van der Waals surface area contributed by atoms with Crippen LogP contribution in [0.1, 0.15) is 34.6 Å². The standard InChI is InChI=1S/C11H22O2Si/c1-9(12)8-10(2)13-14(6,7)11(3,4)5/h8H,1-7H3/b10-8+. The summed E-state index contributed by atoms with van der Waals surface area (Å²) in [6.07, 6.45) is 1.56. The van der Waals surface area contributed by atoms with E-state index in [0.29, 0.717) is 0 Å². The smallest absolute Gasteiger partial charge is 0.250 e. The minimum Gasteiger partial charge on any atom is -0.547 e. The highest BCUT2D eigenvalue weighted by Gasteiger charge is 2.38. The maximum Gasteiger partial charge on any atom is 0.250 e. The molecule has 0 spiro atoms. The molecule has 0 heterocycles. The Morgan fingerprint density at radius 2 is 1.64 bits per heavy atom. The van der Waals surface area contributed by atoms with Gasteiger partial charge in [0.2, 0.25) is 8.32 Å². The Morgan fingerprint density at radius 3 is 1.93 bits per heavy atom. The largest absolute Gasteiger partial charge is 0.547 e. The van der Waals surface area contributed by atoms with Crippen molar-refractivity contribution in [1.29, 1.82) is 0 Å². The van der Waals surface area contributed by atoms with Crippen molar-refractivity contribution in [2.75, 3.05) is 0 Å². The molecular formula is C11H22O2Si. The van der Waals surface area contributed by atoms with Crippen molar-refractivity contribution in [1.82, 2.24) is 0 Å². The van der Waals surface area contributed by atoms with Crippen molar-refractivity contribution < 1.29 is 9.22 Å². The molecule has 0 N–H and O–H groups in total. The van der Waals surface area contributed by atoms with E-state index in [1.807, 2.05) is 6.92 Å². The van der Waals surface area contributed by atoms with Gasteiger partial charge in [0.05, 0.1) is 5.76 Å². The highest BCUT2D eigenvalue weighted by atomic mass is 28.4. The minimum absolute atomic E-state index is 0.0428. The normalized spacial score (nSPS) is 14.1. The lowest BCUT2D eigenvalue weighted by molar-refractivity contribution is -0.112. The average molecular weight is 214 g/mol. The van der Waals surface area contributed by atoms with Crippen LogP contribution in [-0.2, 0) is 9.22 Å². The van der Waals surface area contributed by atoms with Gasteiger partial charge in [-0.3, -0.25) is 4.79 Å². The molecule has 0 aliphatic carbocycles. The molecule has 0 aliphatic heterocycles. The van der Waals surface area contributed by atoms with Crippen LogP contribution in [0.5, 0.6) is 0 Å². The van der Waals surface area contributed by atoms with Gasteiger partial charge in [0.25, 0.3) is 0 Å². The van der Waals surface area contributed by atoms with Crippen LogP contribution < -0.4 is 0 Å². The van der Waals surface area contributed by atoms with Crippen molar-refractivity contribution in [2.24, 2.45) is 0 Å². The Hall–Kier alpha value is -0.573. The van der Waals surface area contributed by atoms with Gasteiger partial charge in [-0.2, -0.15) is 0 Å². The fourth-order valence-electron chi connectivity index (χ4n) is 0.871. The molecule has 3 heteroatoms. The lowest BCUT2D eigenvalue weighted by Gasteiger charge is -2.36. The van der Waals surface area contributed by atoms with Crippen LogP contribution >= 0.6 is 0 Å². The Bertz CT molecular complexity index is 247. The molecule has 0 amide bonds. The molecule has 0 aromatic carbocycles. The van der Waals surface area contributed by atoms with Gasteiger partial charge in [-0.25, -0.2) is 0 Å². The zero-order valence-corrected chi connectivity index (χ0v) is 11.4. The Morgan fingerprint density at radius 1 is 1.21 bits per heavy atom. The Labute approximate surface area is 88.5 Å². The topological polar surface area (TPSA) is 26.3 Å². The molecule has 0 aromatic rings. The summed E-state index contributed by atoms with van der Waals surface area (Å²) >= 11 is 0. The highest BCUT2D eigenvalue weighted by molar-refractivity contribution is 6.74. The van der Waals surface area contributed by atoms with E-state index in [1.54, 1.807) is 13.0 Å². The molecule has 0 saturated carbocycles. The van der Waals surface area contributed by atoms with Crippen molar-refractivity contribution >= 4 is 14.1 Å². The van der Waals surface area contributed by atoms with Crippen LogP contribution in [0.4, 0.5) is 0 Å². The number of hydrogen-bond acceptors (Lipinski definition) is 2. The van der Waals surface area contributed by atoms with Crippen LogP contribution in [0, 0.1) is 0 Å². The van der Waals surface area contributed by atoms with E-state index >= 15 is 0 Å². The Balaban J connectivity index is 4.60. The van der Waals surface area contributed by atoms with Gasteiger partial charge < -0.3 is 4.43 Å². The monoisotopic (exact) mass is 214 g/mol. The maximum absolute atomic E-state index is 10.8. The molecule has 14 heavy (non-hydrogen) atoms. The molecule has 0 aliphatic rings. The quantitative estimate of drug-likeness (QED) is 0.408. The van der Waals surface area contributed by atoms with Gasteiger partial charge in [0.1, 0.15) is 0 Å². The number of hydrogen-bond donors (Lipinski definition) is 0. The number of carbonyl (C=O) groups is 1. The van der Waals surface area contributed by atoms with Crippen molar-refractivity contribution in [2.45, 2.75) is 52.8 Å². The number of ketones is 1. The van der Waals surface area contributed by atoms with Crippen LogP contribution in [0.25, 0.3) is 0 Å². The summed E-state index contributed by atoms with van der Waals surface area (Å²) in [7, 11) is -1.76. The first-order valence-corrected chi connectivity index (χ1v) is 7.85. The number of carbonyl (C=O) groups excluding carboxylic acids is 1.